The van der Waals surface area contributed by atoms with Gasteiger partial charge in [-0.1, -0.05) is 12.1 Å². The van der Waals surface area contributed by atoms with Gasteiger partial charge in [0, 0.05) is 31.2 Å². The van der Waals surface area contributed by atoms with Gasteiger partial charge in [-0.2, -0.15) is 0 Å². The molecule has 7 heteroatoms. The van der Waals surface area contributed by atoms with Crippen molar-refractivity contribution in [3.05, 3.63) is 67.1 Å². The molecule has 1 aromatic carbocycles. The minimum atomic E-state index is -0.113. The fourth-order valence-electron chi connectivity index (χ4n) is 3.41. The number of rotatable bonds is 4. The Kier molecular flexibility index (Phi) is 4.40. The molecule has 4 heterocycles. The maximum Gasteiger partial charge on any atom is 0.165 e. The second-order valence-electron chi connectivity index (χ2n) is 6.87. The highest BCUT2D eigenvalue weighted by atomic mass is 16.6. The molecule has 0 bridgehead atoms. The molecule has 1 atom stereocenters. The lowest BCUT2D eigenvalue weighted by Gasteiger charge is -2.30. The van der Waals surface area contributed by atoms with Crippen molar-refractivity contribution >= 4 is 16.9 Å². The smallest absolute Gasteiger partial charge is 0.165 e. The number of para-hydroxylation sites is 2. The van der Waals surface area contributed by atoms with Gasteiger partial charge >= 0.3 is 0 Å². The molecule has 144 valence electrons. The normalized spacial score (nSPS) is 15.3. The first-order valence-corrected chi connectivity index (χ1v) is 9.41. The number of anilines is 1. The van der Waals surface area contributed by atoms with E-state index in [2.05, 4.69) is 19.9 Å². The SMILES string of the molecule is CN(C[C@H]1COc2ccccc2O1)c1nc(-c2cccnc2)nc2ncccc12. The highest BCUT2D eigenvalue weighted by Crippen LogP contribution is 2.32. The average molecular weight is 385 g/mol. The first kappa shape index (κ1) is 17.4. The van der Waals surface area contributed by atoms with Crippen molar-refractivity contribution in [2.45, 2.75) is 6.10 Å². The first-order chi connectivity index (χ1) is 14.3. The van der Waals surface area contributed by atoms with Crippen molar-refractivity contribution in [3.8, 4) is 22.9 Å². The van der Waals surface area contributed by atoms with Crippen LogP contribution in [0.15, 0.2) is 67.1 Å². The number of hydrogen-bond donors (Lipinski definition) is 0. The van der Waals surface area contributed by atoms with Gasteiger partial charge < -0.3 is 14.4 Å². The molecule has 29 heavy (non-hydrogen) atoms. The van der Waals surface area contributed by atoms with Gasteiger partial charge in [-0.15, -0.1) is 0 Å². The third-order valence-corrected chi connectivity index (χ3v) is 4.78. The van der Waals surface area contributed by atoms with Crippen LogP contribution in [-0.4, -0.2) is 46.2 Å². The van der Waals surface area contributed by atoms with E-state index < -0.39 is 0 Å². The molecule has 0 unspecified atom stereocenters. The van der Waals surface area contributed by atoms with E-state index in [1.165, 1.54) is 0 Å². The molecular weight excluding hydrogens is 366 g/mol. The summed E-state index contributed by atoms with van der Waals surface area (Å²) >= 11 is 0. The highest BCUT2D eigenvalue weighted by molar-refractivity contribution is 5.88. The summed E-state index contributed by atoms with van der Waals surface area (Å²) in [7, 11) is 1.99. The summed E-state index contributed by atoms with van der Waals surface area (Å²) in [5, 5.41) is 0.889. The lowest BCUT2D eigenvalue weighted by Crippen LogP contribution is -2.39. The summed E-state index contributed by atoms with van der Waals surface area (Å²) in [5.41, 5.74) is 1.50. The van der Waals surface area contributed by atoms with E-state index in [0.717, 1.165) is 28.3 Å². The number of pyridine rings is 2. The molecule has 0 saturated carbocycles. The molecule has 3 aromatic heterocycles. The van der Waals surface area contributed by atoms with Crippen molar-refractivity contribution in [3.63, 3.8) is 0 Å². The fraction of sp³-hybridized carbons (Fsp3) is 0.182. The molecule has 0 fully saturated rings. The number of hydrogen-bond acceptors (Lipinski definition) is 7. The molecule has 1 aliphatic rings. The Hall–Kier alpha value is -3.74. The zero-order chi connectivity index (χ0) is 19.6. The van der Waals surface area contributed by atoms with Gasteiger partial charge in [-0.25, -0.2) is 15.0 Å². The van der Waals surface area contributed by atoms with E-state index in [1.807, 2.05) is 55.6 Å². The summed E-state index contributed by atoms with van der Waals surface area (Å²) in [6.07, 6.45) is 5.11. The molecule has 0 aliphatic carbocycles. The Morgan fingerprint density at radius 1 is 1.00 bits per heavy atom. The minimum Gasteiger partial charge on any atom is -0.486 e. The highest BCUT2D eigenvalue weighted by Gasteiger charge is 2.23. The van der Waals surface area contributed by atoms with E-state index in [9.17, 15) is 0 Å². The Morgan fingerprint density at radius 2 is 1.86 bits per heavy atom. The third-order valence-electron chi connectivity index (χ3n) is 4.78. The van der Waals surface area contributed by atoms with E-state index in [1.54, 1.807) is 18.6 Å². The number of fused-ring (bicyclic) bond motifs is 2. The maximum absolute atomic E-state index is 6.12. The van der Waals surface area contributed by atoms with E-state index in [0.29, 0.717) is 24.6 Å². The van der Waals surface area contributed by atoms with Crippen LogP contribution >= 0.6 is 0 Å². The van der Waals surface area contributed by atoms with Gasteiger partial charge in [-0.05, 0) is 36.4 Å². The van der Waals surface area contributed by atoms with Crippen LogP contribution in [0.3, 0.4) is 0 Å². The predicted molar refractivity (Wildman–Crippen MR) is 110 cm³/mol. The Labute approximate surface area is 168 Å². The molecule has 5 rings (SSSR count). The molecule has 0 saturated heterocycles. The van der Waals surface area contributed by atoms with Crippen LogP contribution in [0.25, 0.3) is 22.4 Å². The zero-order valence-corrected chi connectivity index (χ0v) is 15.9. The van der Waals surface area contributed by atoms with Crippen LogP contribution in [0.4, 0.5) is 5.82 Å². The van der Waals surface area contributed by atoms with Gasteiger partial charge in [-0.3, -0.25) is 4.98 Å². The minimum absolute atomic E-state index is 0.113. The largest absolute Gasteiger partial charge is 0.486 e. The lowest BCUT2D eigenvalue weighted by molar-refractivity contribution is 0.0960. The summed E-state index contributed by atoms with van der Waals surface area (Å²) in [6.45, 7) is 1.10. The molecular formula is C22H19N5O2. The topological polar surface area (TPSA) is 73.3 Å². The number of aromatic nitrogens is 4. The average Bonchev–Trinajstić information content (AvgIpc) is 2.79. The molecule has 4 aromatic rings. The predicted octanol–water partition coefficient (Wildman–Crippen LogP) is 3.36. The molecule has 0 N–H and O–H groups in total. The molecule has 1 aliphatic heterocycles. The molecule has 7 nitrogen and oxygen atoms in total. The van der Waals surface area contributed by atoms with E-state index >= 15 is 0 Å². The monoisotopic (exact) mass is 385 g/mol. The van der Waals surface area contributed by atoms with Crippen LogP contribution in [0.1, 0.15) is 0 Å². The second-order valence-corrected chi connectivity index (χ2v) is 6.87. The summed E-state index contributed by atoms with van der Waals surface area (Å²) < 4.78 is 12.0. The quantitative estimate of drug-likeness (QED) is 0.533. The van der Waals surface area contributed by atoms with E-state index in [-0.39, 0.29) is 6.10 Å². The number of likely N-dealkylation sites (N-methyl/N-ethyl adjacent to an activating group) is 1. The van der Waals surface area contributed by atoms with Crippen LogP contribution < -0.4 is 14.4 Å². The number of ether oxygens (including phenoxy) is 2. The standard InChI is InChI=1S/C22H19N5O2/c1-27(13-16-14-28-18-8-2-3-9-19(18)29-16)22-17-7-5-11-24-21(17)25-20(26-22)15-6-4-10-23-12-15/h2-12,16H,13-14H2,1H3/t16-/m0/s1. The van der Waals surface area contributed by atoms with Crippen LogP contribution in [-0.2, 0) is 0 Å². The van der Waals surface area contributed by atoms with E-state index in [4.69, 9.17) is 14.5 Å². The van der Waals surface area contributed by atoms with Crippen molar-refractivity contribution in [2.24, 2.45) is 0 Å². The summed E-state index contributed by atoms with van der Waals surface area (Å²) in [6, 6.07) is 15.4. The fourth-order valence-corrected chi connectivity index (χ4v) is 3.41. The second kappa shape index (κ2) is 7.35. The van der Waals surface area contributed by atoms with Crippen LogP contribution in [0.5, 0.6) is 11.5 Å². The maximum atomic E-state index is 6.12. The number of benzene rings is 1. The van der Waals surface area contributed by atoms with Crippen LogP contribution in [0.2, 0.25) is 0 Å². The van der Waals surface area contributed by atoms with Gasteiger partial charge in [0.2, 0.25) is 0 Å². The Morgan fingerprint density at radius 3 is 2.72 bits per heavy atom. The van der Waals surface area contributed by atoms with Crippen molar-refractivity contribution in [2.75, 3.05) is 25.1 Å². The Balaban J connectivity index is 1.47. The van der Waals surface area contributed by atoms with Gasteiger partial charge in [0.25, 0.3) is 0 Å². The van der Waals surface area contributed by atoms with Crippen LogP contribution in [0, 0.1) is 0 Å². The summed E-state index contributed by atoms with van der Waals surface area (Å²) in [4.78, 5) is 20.1. The summed E-state index contributed by atoms with van der Waals surface area (Å²) in [5.74, 6) is 2.94. The number of nitrogens with zero attached hydrogens (tertiary/aromatic N) is 5. The van der Waals surface area contributed by atoms with Gasteiger partial charge in [0.15, 0.2) is 29.1 Å². The zero-order valence-electron chi connectivity index (χ0n) is 15.9. The van der Waals surface area contributed by atoms with Crippen molar-refractivity contribution in [1.82, 2.24) is 19.9 Å². The molecule has 0 spiro atoms. The first-order valence-electron chi connectivity index (χ1n) is 9.41. The van der Waals surface area contributed by atoms with Crippen molar-refractivity contribution in [1.29, 1.82) is 0 Å². The Bertz CT molecular complexity index is 1150. The van der Waals surface area contributed by atoms with Crippen molar-refractivity contribution < 1.29 is 9.47 Å². The van der Waals surface area contributed by atoms with Gasteiger partial charge in [0.05, 0.1) is 11.9 Å². The lowest BCUT2D eigenvalue weighted by atomic mass is 10.2. The molecule has 0 radical (unpaired) electrons. The third kappa shape index (κ3) is 3.42. The van der Waals surface area contributed by atoms with Gasteiger partial charge in [0.1, 0.15) is 12.4 Å². The molecule has 0 amide bonds.